The van der Waals surface area contributed by atoms with Gasteiger partial charge in [-0.2, -0.15) is 9.78 Å². The van der Waals surface area contributed by atoms with E-state index in [1.807, 2.05) is 43.3 Å². The molecule has 160 valence electrons. The molecule has 2 aliphatic rings. The monoisotopic (exact) mass is 420 g/mol. The van der Waals surface area contributed by atoms with Gasteiger partial charge in [-0.05, 0) is 25.1 Å². The fourth-order valence-electron chi connectivity index (χ4n) is 4.33. The van der Waals surface area contributed by atoms with Gasteiger partial charge in [0.15, 0.2) is 11.6 Å². The summed E-state index contributed by atoms with van der Waals surface area (Å²) < 4.78 is 12.6. The molecule has 1 saturated heterocycles. The van der Waals surface area contributed by atoms with Crippen LogP contribution in [0.25, 0.3) is 5.82 Å². The number of nitrogens with zero attached hydrogens (tertiary/aromatic N) is 5. The maximum Gasteiger partial charge on any atom is 0.226 e. The number of hydrogen-bond donors (Lipinski definition) is 1. The lowest BCUT2D eigenvalue weighted by molar-refractivity contribution is -0.116. The Kier molecular flexibility index (Phi) is 5.03. The highest BCUT2D eigenvalue weighted by atomic mass is 16.5. The van der Waals surface area contributed by atoms with E-state index in [1.165, 1.54) is 0 Å². The quantitative estimate of drug-likeness (QED) is 0.692. The molecule has 1 N–H and O–H groups in total. The normalized spacial score (nSPS) is 18.5. The van der Waals surface area contributed by atoms with Crippen LogP contribution in [0, 0.1) is 6.92 Å². The minimum Gasteiger partial charge on any atom is -0.496 e. The van der Waals surface area contributed by atoms with Crippen molar-refractivity contribution in [2.45, 2.75) is 19.3 Å². The molecular weight excluding hydrogens is 396 g/mol. The lowest BCUT2D eigenvalue weighted by Crippen LogP contribution is -2.36. The summed E-state index contributed by atoms with van der Waals surface area (Å²) in [5, 5.41) is 16.5. The Balaban J connectivity index is 1.53. The van der Waals surface area contributed by atoms with Gasteiger partial charge in [-0.1, -0.05) is 18.2 Å². The summed E-state index contributed by atoms with van der Waals surface area (Å²) >= 11 is 0. The van der Waals surface area contributed by atoms with Gasteiger partial charge < -0.3 is 19.7 Å². The van der Waals surface area contributed by atoms with Crippen molar-refractivity contribution >= 4 is 17.5 Å². The SMILES string of the molecule is COc1ccccc1C1CC(=O)Nc2c1c(C)nn2-c1ccc(N2CCOCC2)nn1. The van der Waals surface area contributed by atoms with Crippen molar-refractivity contribution < 1.29 is 14.3 Å². The van der Waals surface area contributed by atoms with Crippen LogP contribution in [0.4, 0.5) is 11.6 Å². The topological polar surface area (TPSA) is 94.4 Å². The lowest BCUT2D eigenvalue weighted by atomic mass is 9.85. The van der Waals surface area contributed by atoms with Gasteiger partial charge in [0.2, 0.25) is 5.91 Å². The van der Waals surface area contributed by atoms with Crippen molar-refractivity contribution in [2.75, 3.05) is 43.6 Å². The van der Waals surface area contributed by atoms with Gasteiger partial charge in [0, 0.05) is 36.6 Å². The molecule has 5 rings (SSSR count). The zero-order valence-electron chi connectivity index (χ0n) is 17.5. The Hall–Kier alpha value is -3.46. The number of para-hydroxylation sites is 1. The minimum atomic E-state index is -0.144. The average molecular weight is 420 g/mol. The molecule has 2 aromatic heterocycles. The summed E-state index contributed by atoms with van der Waals surface area (Å²) in [5.41, 5.74) is 2.78. The second kappa shape index (κ2) is 7.99. The molecule has 0 radical (unpaired) electrons. The van der Waals surface area contributed by atoms with Gasteiger partial charge in [-0.25, -0.2) is 0 Å². The summed E-state index contributed by atoms with van der Waals surface area (Å²) in [6.07, 6.45) is 0.335. The van der Waals surface area contributed by atoms with E-state index in [1.54, 1.807) is 11.8 Å². The predicted molar refractivity (Wildman–Crippen MR) is 115 cm³/mol. The molecule has 1 unspecified atom stereocenters. The molecule has 1 amide bonds. The highest BCUT2D eigenvalue weighted by molar-refractivity contribution is 5.95. The number of aromatic nitrogens is 4. The number of hydrogen-bond acceptors (Lipinski definition) is 7. The zero-order valence-corrected chi connectivity index (χ0v) is 17.5. The largest absolute Gasteiger partial charge is 0.496 e. The number of amides is 1. The second-order valence-corrected chi connectivity index (χ2v) is 7.66. The summed E-state index contributed by atoms with van der Waals surface area (Å²) in [7, 11) is 1.64. The predicted octanol–water partition coefficient (Wildman–Crippen LogP) is 2.29. The number of morpholine rings is 1. The van der Waals surface area contributed by atoms with Crippen molar-refractivity contribution in [3.8, 4) is 11.6 Å². The van der Waals surface area contributed by atoms with Crippen LogP contribution < -0.4 is 15.0 Å². The second-order valence-electron chi connectivity index (χ2n) is 7.66. The van der Waals surface area contributed by atoms with Gasteiger partial charge in [0.1, 0.15) is 11.6 Å². The summed E-state index contributed by atoms with van der Waals surface area (Å²) in [5.74, 6) is 2.55. The number of anilines is 2. The Morgan fingerprint density at radius 1 is 1.10 bits per heavy atom. The Bertz CT molecular complexity index is 1100. The van der Waals surface area contributed by atoms with Gasteiger partial charge in [0.25, 0.3) is 0 Å². The van der Waals surface area contributed by atoms with Crippen LogP contribution in [0.5, 0.6) is 5.75 Å². The van der Waals surface area contributed by atoms with Crippen LogP contribution in [0.1, 0.15) is 29.2 Å². The Morgan fingerprint density at radius 3 is 2.58 bits per heavy atom. The maximum atomic E-state index is 12.6. The van der Waals surface area contributed by atoms with Crippen molar-refractivity contribution in [3.63, 3.8) is 0 Å². The van der Waals surface area contributed by atoms with Crippen molar-refractivity contribution in [3.05, 3.63) is 53.2 Å². The molecule has 1 atom stereocenters. The van der Waals surface area contributed by atoms with Crippen LogP contribution in [0.3, 0.4) is 0 Å². The first-order chi connectivity index (χ1) is 15.2. The fourth-order valence-corrected chi connectivity index (χ4v) is 4.33. The minimum absolute atomic E-state index is 0.0672. The zero-order chi connectivity index (χ0) is 21.4. The van der Waals surface area contributed by atoms with E-state index in [0.29, 0.717) is 31.3 Å². The van der Waals surface area contributed by atoms with E-state index < -0.39 is 0 Å². The number of fused-ring (bicyclic) bond motifs is 1. The van der Waals surface area contributed by atoms with Gasteiger partial charge >= 0.3 is 0 Å². The molecule has 1 fully saturated rings. The van der Waals surface area contributed by atoms with Crippen molar-refractivity contribution in [1.29, 1.82) is 0 Å². The number of aryl methyl sites for hydroxylation is 1. The number of nitrogens with one attached hydrogen (secondary N) is 1. The number of methoxy groups -OCH3 is 1. The highest BCUT2D eigenvalue weighted by Gasteiger charge is 2.34. The summed E-state index contributed by atoms with van der Waals surface area (Å²) in [4.78, 5) is 14.8. The summed E-state index contributed by atoms with van der Waals surface area (Å²) in [6.45, 7) is 4.91. The Labute approximate surface area is 180 Å². The van der Waals surface area contributed by atoms with Crippen LogP contribution >= 0.6 is 0 Å². The molecule has 0 aliphatic carbocycles. The first-order valence-electron chi connectivity index (χ1n) is 10.3. The standard InChI is InChI=1S/C22H24N6O3/c1-14-21-16(15-5-3-4-6-17(15)30-2)13-20(29)23-22(21)28(26-14)19-8-7-18(24-25-19)27-9-11-31-12-10-27/h3-8,16H,9-13H2,1-2H3,(H,23,29). The maximum absolute atomic E-state index is 12.6. The molecule has 9 nitrogen and oxygen atoms in total. The van der Waals surface area contributed by atoms with Crippen LogP contribution in [0.15, 0.2) is 36.4 Å². The van der Waals surface area contributed by atoms with E-state index >= 15 is 0 Å². The number of rotatable bonds is 4. The highest BCUT2D eigenvalue weighted by Crippen LogP contribution is 2.42. The number of carbonyl (C=O) groups is 1. The van der Waals surface area contributed by atoms with Crippen molar-refractivity contribution in [1.82, 2.24) is 20.0 Å². The third-order valence-electron chi connectivity index (χ3n) is 5.81. The number of ether oxygens (including phenoxy) is 2. The average Bonchev–Trinajstić information content (AvgIpc) is 3.15. The molecule has 0 bridgehead atoms. The Morgan fingerprint density at radius 2 is 1.84 bits per heavy atom. The molecule has 4 heterocycles. The molecular formula is C22H24N6O3. The van der Waals surface area contributed by atoms with E-state index in [-0.39, 0.29) is 11.8 Å². The fraction of sp³-hybridized carbons (Fsp3) is 0.364. The van der Waals surface area contributed by atoms with Crippen LogP contribution in [-0.4, -0.2) is 59.3 Å². The molecule has 3 aromatic rings. The smallest absolute Gasteiger partial charge is 0.226 e. The van der Waals surface area contributed by atoms with E-state index in [4.69, 9.17) is 14.6 Å². The molecule has 1 aromatic carbocycles. The molecule has 9 heteroatoms. The summed E-state index contributed by atoms with van der Waals surface area (Å²) in [6, 6.07) is 11.6. The first kappa shape index (κ1) is 19.5. The van der Waals surface area contributed by atoms with Crippen molar-refractivity contribution in [2.24, 2.45) is 0 Å². The first-order valence-corrected chi connectivity index (χ1v) is 10.3. The number of benzene rings is 1. The third-order valence-corrected chi connectivity index (χ3v) is 5.81. The van der Waals surface area contributed by atoms with Gasteiger partial charge in [-0.15, -0.1) is 10.2 Å². The van der Waals surface area contributed by atoms with E-state index in [9.17, 15) is 4.79 Å². The molecule has 2 aliphatic heterocycles. The van der Waals surface area contributed by atoms with Crippen LogP contribution in [-0.2, 0) is 9.53 Å². The van der Waals surface area contributed by atoms with E-state index in [0.717, 1.165) is 41.5 Å². The number of carbonyl (C=O) groups excluding carboxylic acids is 1. The molecule has 0 spiro atoms. The van der Waals surface area contributed by atoms with Gasteiger partial charge in [-0.3, -0.25) is 4.79 Å². The van der Waals surface area contributed by atoms with Crippen LogP contribution in [0.2, 0.25) is 0 Å². The van der Waals surface area contributed by atoms with Gasteiger partial charge in [0.05, 0.1) is 26.0 Å². The molecule has 31 heavy (non-hydrogen) atoms. The molecule has 0 saturated carbocycles. The van der Waals surface area contributed by atoms with E-state index in [2.05, 4.69) is 20.4 Å². The lowest BCUT2D eigenvalue weighted by Gasteiger charge is -2.27. The third kappa shape index (κ3) is 3.50.